The first kappa shape index (κ1) is 13.5. The van der Waals surface area contributed by atoms with Crippen molar-refractivity contribution in [3.8, 4) is 0 Å². The highest BCUT2D eigenvalue weighted by Crippen LogP contribution is 2.28. The van der Waals surface area contributed by atoms with Crippen molar-refractivity contribution in [2.75, 3.05) is 44.2 Å². The van der Waals surface area contributed by atoms with Gasteiger partial charge in [0.25, 0.3) is 0 Å². The minimum atomic E-state index is -0.222. The van der Waals surface area contributed by atoms with Gasteiger partial charge in [0.1, 0.15) is 5.82 Å². The number of carbonyl (C=O) groups excluding carboxylic acids is 1. The summed E-state index contributed by atoms with van der Waals surface area (Å²) in [7, 11) is 0. The van der Waals surface area contributed by atoms with Crippen molar-refractivity contribution >= 4 is 11.6 Å². The van der Waals surface area contributed by atoms with Crippen LogP contribution in [-0.2, 0) is 11.2 Å². The molecule has 0 unspecified atom stereocenters. The summed E-state index contributed by atoms with van der Waals surface area (Å²) >= 11 is 0. The molecule has 2 aliphatic heterocycles. The van der Waals surface area contributed by atoms with Gasteiger partial charge in [-0.05, 0) is 30.2 Å². The van der Waals surface area contributed by atoms with Crippen LogP contribution >= 0.6 is 0 Å². The molecule has 0 aromatic heterocycles. The van der Waals surface area contributed by atoms with Crippen molar-refractivity contribution in [1.82, 2.24) is 10.2 Å². The average molecular weight is 277 g/mol. The van der Waals surface area contributed by atoms with Gasteiger partial charge in [-0.15, -0.1) is 0 Å². The molecule has 1 aromatic carbocycles. The van der Waals surface area contributed by atoms with E-state index in [1.165, 1.54) is 6.07 Å². The Morgan fingerprint density at radius 1 is 1.15 bits per heavy atom. The minimum Gasteiger partial charge on any atom is -0.314 e. The molecule has 0 atom stereocenters. The lowest BCUT2D eigenvalue weighted by Crippen LogP contribution is -2.47. The molecule has 1 N–H and O–H groups in total. The number of anilines is 1. The van der Waals surface area contributed by atoms with Gasteiger partial charge in [-0.3, -0.25) is 9.69 Å². The van der Waals surface area contributed by atoms with Crippen LogP contribution in [-0.4, -0.2) is 50.1 Å². The van der Waals surface area contributed by atoms with Gasteiger partial charge in [-0.2, -0.15) is 0 Å². The number of halogens is 1. The third-order valence-electron chi connectivity index (χ3n) is 4.09. The molecule has 1 saturated heterocycles. The van der Waals surface area contributed by atoms with E-state index in [0.717, 1.165) is 44.0 Å². The first-order valence-electron chi connectivity index (χ1n) is 7.26. The molecule has 2 heterocycles. The number of amides is 1. The van der Waals surface area contributed by atoms with E-state index < -0.39 is 0 Å². The van der Waals surface area contributed by atoms with Gasteiger partial charge >= 0.3 is 0 Å². The molecule has 108 valence electrons. The number of benzene rings is 1. The third-order valence-corrected chi connectivity index (χ3v) is 4.09. The van der Waals surface area contributed by atoms with Crippen LogP contribution in [0.5, 0.6) is 0 Å². The maximum absolute atomic E-state index is 13.3. The Bertz CT molecular complexity index is 500. The predicted octanol–water partition coefficient (Wildman–Crippen LogP) is 1.01. The van der Waals surface area contributed by atoms with Gasteiger partial charge in [0.15, 0.2) is 0 Å². The topological polar surface area (TPSA) is 35.6 Å². The highest BCUT2D eigenvalue weighted by atomic mass is 19.1. The lowest BCUT2D eigenvalue weighted by molar-refractivity contribution is -0.118. The maximum Gasteiger partial charge on any atom is 0.227 e. The summed E-state index contributed by atoms with van der Waals surface area (Å²) in [5.74, 6) is -0.0700. The van der Waals surface area contributed by atoms with E-state index in [1.54, 1.807) is 12.1 Å². The summed E-state index contributed by atoms with van der Waals surface area (Å²) in [6, 6.07) is 4.73. The number of nitrogens with one attached hydrogen (secondary N) is 1. The van der Waals surface area contributed by atoms with Crippen molar-refractivity contribution in [2.24, 2.45) is 0 Å². The highest BCUT2D eigenvalue weighted by molar-refractivity contribution is 5.96. The third kappa shape index (κ3) is 2.83. The minimum absolute atomic E-state index is 0.152. The SMILES string of the molecule is O=C1CCc2cc(F)ccc2N1CCN1CCNCC1. The zero-order chi connectivity index (χ0) is 13.9. The number of rotatable bonds is 3. The molecule has 5 heteroatoms. The molecule has 0 spiro atoms. The van der Waals surface area contributed by atoms with Crippen LogP contribution < -0.4 is 10.2 Å². The largest absolute Gasteiger partial charge is 0.314 e. The number of aryl methyl sites for hydroxylation is 1. The molecule has 0 radical (unpaired) electrons. The summed E-state index contributed by atoms with van der Waals surface area (Å²) in [6.07, 6.45) is 1.13. The second-order valence-corrected chi connectivity index (χ2v) is 5.41. The highest BCUT2D eigenvalue weighted by Gasteiger charge is 2.24. The number of carbonyl (C=O) groups is 1. The monoisotopic (exact) mass is 277 g/mol. The maximum atomic E-state index is 13.3. The fourth-order valence-electron chi connectivity index (χ4n) is 2.95. The Hall–Kier alpha value is -1.46. The first-order chi connectivity index (χ1) is 9.74. The average Bonchev–Trinajstić information content (AvgIpc) is 2.47. The Balaban J connectivity index is 1.70. The second-order valence-electron chi connectivity index (χ2n) is 5.41. The number of hydrogen-bond donors (Lipinski definition) is 1. The van der Waals surface area contributed by atoms with Gasteiger partial charge in [0, 0.05) is 51.4 Å². The summed E-state index contributed by atoms with van der Waals surface area (Å²) < 4.78 is 13.3. The second kappa shape index (κ2) is 5.89. The van der Waals surface area contributed by atoms with Crippen molar-refractivity contribution < 1.29 is 9.18 Å². The van der Waals surface area contributed by atoms with Crippen molar-refractivity contribution in [2.45, 2.75) is 12.8 Å². The predicted molar refractivity (Wildman–Crippen MR) is 76.4 cm³/mol. The van der Waals surface area contributed by atoms with E-state index in [4.69, 9.17) is 0 Å². The molecule has 2 aliphatic rings. The van der Waals surface area contributed by atoms with Crippen LogP contribution in [0.25, 0.3) is 0 Å². The number of nitrogens with zero attached hydrogens (tertiary/aromatic N) is 2. The molecule has 0 aliphatic carbocycles. The molecule has 20 heavy (non-hydrogen) atoms. The van der Waals surface area contributed by atoms with Crippen molar-refractivity contribution in [1.29, 1.82) is 0 Å². The Kier molecular flexibility index (Phi) is 3.98. The van der Waals surface area contributed by atoms with Crippen LogP contribution in [0.15, 0.2) is 18.2 Å². The fraction of sp³-hybridized carbons (Fsp3) is 0.533. The van der Waals surface area contributed by atoms with E-state index in [-0.39, 0.29) is 11.7 Å². The van der Waals surface area contributed by atoms with Gasteiger partial charge in [-0.1, -0.05) is 0 Å². The van der Waals surface area contributed by atoms with E-state index in [0.29, 0.717) is 19.4 Å². The van der Waals surface area contributed by atoms with Gasteiger partial charge in [-0.25, -0.2) is 4.39 Å². The lowest BCUT2D eigenvalue weighted by Gasteiger charge is -2.33. The summed E-state index contributed by atoms with van der Waals surface area (Å²) in [6.45, 7) is 5.64. The quantitative estimate of drug-likeness (QED) is 0.895. The van der Waals surface area contributed by atoms with Crippen LogP contribution in [0.2, 0.25) is 0 Å². The van der Waals surface area contributed by atoms with Gasteiger partial charge in [0.05, 0.1) is 0 Å². The fourth-order valence-corrected chi connectivity index (χ4v) is 2.95. The number of piperazine rings is 1. The zero-order valence-electron chi connectivity index (χ0n) is 11.6. The molecule has 1 amide bonds. The van der Waals surface area contributed by atoms with Gasteiger partial charge < -0.3 is 10.2 Å². The molecule has 0 bridgehead atoms. The normalized spacial score (nSPS) is 20.1. The Morgan fingerprint density at radius 2 is 1.95 bits per heavy atom. The zero-order valence-corrected chi connectivity index (χ0v) is 11.6. The van der Waals surface area contributed by atoms with Crippen LogP contribution in [0.3, 0.4) is 0 Å². The first-order valence-corrected chi connectivity index (χ1v) is 7.26. The standard InChI is InChI=1S/C15H20FN3O/c16-13-2-3-14-12(11-13)1-4-15(20)19(14)10-9-18-7-5-17-6-8-18/h2-3,11,17H,1,4-10H2. The molecule has 1 fully saturated rings. The van der Waals surface area contributed by atoms with Crippen LogP contribution in [0, 0.1) is 5.82 Å². The van der Waals surface area contributed by atoms with Gasteiger partial charge in [0.2, 0.25) is 5.91 Å². The smallest absolute Gasteiger partial charge is 0.227 e. The summed E-state index contributed by atoms with van der Waals surface area (Å²) in [4.78, 5) is 16.3. The molecule has 1 aromatic rings. The van der Waals surface area contributed by atoms with Crippen molar-refractivity contribution in [3.05, 3.63) is 29.6 Å². The summed E-state index contributed by atoms with van der Waals surface area (Å²) in [5.41, 5.74) is 1.84. The van der Waals surface area contributed by atoms with Crippen LogP contribution in [0.1, 0.15) is 12.0 Å². The lowest BCUT2D eigenvalue weighted by atomic mass is 10.0. The van der Waals surface area contributed by atoms with E-state index in [9.17, 15) is 9.18 Å². The van der Waals surface area contributed by atoms with E-state index >= 15 is 0 Å². The molecular formula is C15H20FN3O. The molecule has 0 saturated carbocycles. The Morgan fingerprint density at radius 3 is 2.75 bits per heavy atom. The number of hydrogen-bond acceptors (Lipinski definition) is 3. The van der Waals surface area contributed by atoms with Crippen LogP contribution in [0.4, 0.5) is 10.1 Å². The van der Waals surface area contributed by atoms with Crippen molar-refractivity contribution in [3.63, 3.8) is 0 Å². The number of fused-ring (bicyclic) bond motifs is 1. The van der Waals surface area contributed by atoms with E-state index in [2.05, 4.69) is 10.2 Å². The molecular weight excluding hydrogens is 257 g/mol. The van der Waals surface area contributed by atoms with E-state index in [1.807, 2.05) is 4.90 Å². The molecule has 4 nitrogen and oxygen atoms in total. The molecule has 3 rings (SSSR count). The Labute approximate surface area is 118 Å². The summed E-state index contributed by atoms with van der Waals surface area (Å²) in [5, 5.41) is 3.32.